The van der Waals surface area contributed by atoms with Gasteiger partial charge in [0.2, 0.25) is 10.0 Å². The Morgan fingerprint density at radius 1 is 1.21 bits per heavy atom. The van der Waals surface area contributed by atoms with Crippen molar-refractivity contribution in [3.8, 4) is 0 Å². The molecule has 0 amide bonds. The van der Waals surface area contributed by atoms with Crippen molar-refractivity contribution in [2.24, 2.45) is 0 Å². The van der Waals surface area contributed by atoms with Gasteiger partial charge in [-0.05, 0) is 38.1 Å². The van der Waals surface area contributed by atoms with E-state index in [9.17, 15) is 8.42 Å². The number of likely N-dealkylation sites (N-methyl/N-ethyl adjacent to an activating group) is 1. The molecule has 1 unspecified atom stereocenters. The minimum atomic E-state index is -3.38. The SMILES string of the molecule is CCCC(Cc1ccccc1S(=O)(=O)NC)NCC. The zero-order valence-electron chi connectivity index (χ0n) is 11.9. The Labute approximate surface area is 116 Å². The molecule has 1 rings (SSSR count). The van der Waals surface area contributed by atoms with Crippen LogP contribution >= 0.6 is 0 Å². The molecule has 1 aromatic rings. The van der Waals surface area contributed by atoms with E-state index in [1.54, 1.807) is 12.1 Å². The van der Waals surface area contributed by atoms with Crippen LogP contribution in [0.15, 0.2) is 29.2 Å². The average molecular weight is 284 g/mol. The molecule has 0 bridgehead atoms. The molecular weight excluding hydrogens is 260 g/mol. The van der Waals surface area contributed by atoms with E-state index in [0.29, 0.717) is 10.9 Å². The van der Waals surface area contributed by atoms with E-state index < -0.39 is 10.0 Å². The molecule has 108 valence electrons. The van der Waals surface area contributed by atoms with Crippen molar-refractivity contribution < 1.29 is 8.42 Å². The molecule has 0 saturated carbocycles. The van der Waals surface area contributed by atoms with Crippen LogP contribution in [0, 0.1) is 0 Å². The summed E-state index contributed by atoms with van der Waals surface area (Å²) in [5.41, 5.74) is 0.872. The Bertz CT molecular complexity index is 480. The van der Waals surface area contributed by atoms with Crippen LogP contribution in [0.2, 0.25) is 0 Å². The predicted molar refractivity (Wildman–Crippen MR) is 78.8 cm³/mol. The summed E-state index contributed by atoms with van der Waals surface area (Å²) in [4.78, 5) is 0.386. The van der Waals surface area contributed by atoms with Crippen molar-refractivity contribution in [2.75, 3.05) is 13.6 Å². The second-order valence-corrected chi connectivity index (χ2v) is 6.42. The molecule has 0 radical (unpaired) electrons. The van der Waals surface area contributed by atoms with Gasteiger partial charge in [0.05, 0.1) is 4.90 Å². The lowest BCUT2D eigenvalue weighted by Gasteiger charge is -2.19. The van der Waals surface area contributed by atoms with E-state index in [0.717, 1.165) is 31.4 Å². The van der Waals surface area contributed by atoms with E-state index >= 15 is 0 Å². The fraction of sp³-hybridized carbons (Fsp3) is 0.571. The van der Waals surface area contributed by atoms with Gasteiger partial charge in [-0.15, -0.1) is 0 Å². The molecule has 19 heavy (non-hydrogen) atoms. The van der Waals surface area contributed by atoms with Crippen LogP contribution in [0.3, 0.4) is 0 Å². The summed E-state index contributed by atoms with van der Waals surface area (Å²) in [6, 6.07) is 7.53. The molecule has 0 aliphatic heterocycles. The highest BCUT2D eigenvalue weighted by Gasteiger charge is 2.18. The predicted octanol–water partition coefficient (Wildman–Crippen LogP) is 1.92. The maximum atomic E-state index is 12.0. The van der Waals surface area contributed by atoms with Crippen molar-refractivity contribution in [3.63, 3.8) is 0 Å². The van der Waals surface area contributed by atoms with Crippen LogP contribution in [-0.4, -0.2) is 28.1 Å². The molecule has 0 fully saturated rings. The van der Waals surface area contributed by atoms with Crippen LogP contribution in [0.5, 0.6) is 0 Å². The molecule has 0 aliphatic rings. The van der Waals surface area contributed by atoms with Gasteiger partial charge in [-0.3, -0.25) is 0 Å². The minimum absolute atomic E-state index is 0.322. The summed E-state index contributed by atoms with van der Waals surface area (Å²) in [5.74, 6) is 0. The van der Waals surface area contributed by atoms with Crippen molar-refractivity contribution in [3.05, 3.63) is 29.8 Å². The molecule has 0 saturated heterocycles. The summed E-state index contributed by atoms with van der Waals surface area (Å²) >= 11 is 0. The van der Waals surface area contributed by atoms with E-state index in [-0.39, 0.29) is 0 Å². The van der Waals surface area contributed by atoms with Gasteiger partial charge in [-0.1, -0.05) is 38.5 Å². The molecule has 5 heteroatoms. The molecule has 1 aromatic carbocycles. The summed E-state index contributed by atoms with van der Waals surface area (Å²) in [6.07, 6.45) is 2.86. The highest BCUT2D eigenvalue weighted by molar-refractivity contribution is 7.89. The average Bonchev–Trinajstić information content (AvgIpc) is 2.40. The van der Waals surface area contributed by atoms with Crippen molar-refractivity contribution in [1.29, 1.82) is 0 Å². The third kappa shape index (κ3) is 4.60. The Hall–Kier alpha value is -0.910. The topological polar surface area (TPSA) is 58.2 Å². The first kappa shape index (κ1) is 16.1. The van der Waals surface area contributed by atoms with Crippen LogP contribution in [0.25, 0.3) is 0 Å². The van der Waals surface area contributed by atoms with Gasteiger partial charge in [-0.2, -0.15) is 0 Å². The number of sulfonamides is 1. The summed E-state index contributed by atoms with van der Waals surface area (Å²) in [6.45, 7) is 5.10. The van der Waals surface area contributed by atoms with Crippen LogP contribution in [-0.2, 0) is 16.4 Å². The quantitative estimate of drug-likeness (QED) is 0.767. The van der Waals surface area contributed by atoms with Crippen LogP contribution in [0.4, 0.5) is 0 Å². The fourth-order valence-corrected chi connectivity index (χ4v) is 3.20. The zero-order chi connectivity index (χ0) is 14.3. The molecular formula is C14H24N2O2S. The first-order chi connectivity index (χ1) is 9.05. The molecule has 1 atom stereocenters. The normalized spacial score (nSPS) is 13.4. The number of nitrogens with one attached hydrogen (secondary N) is 2. The standard InChI is InChI=1S/C14H24N2O2S/c1-4-8-13(16-5-2)11-12-9-6-7-10-14(12)19(17,18)15-3/h6-7,9-10,13,15-16H,4-5,8,11H2,1-3H3. The maximum Gasteiger partial charge on any atom is 0.240 e. The summed E-state index contributed by atoms with van der Waals surface area (Å²) in [7, 11) is -1.94. The molecule has 2 N–H and O–H groups in total. The molecule has 0 aliphatic carbocycles. The number of rotatable bonds is 8. The van der Waals surface area contributed by atoms with Gasteiger partial charge < -0.3 is 5.32 Å². The minimum Gasteiger partial charge on any atom is -0.314 e. The van der Waals surface area contributed by atoms with Gasteiger partial charge in [0, 0.05) is 6.04 Å². The van der Waals surface area contributed by atoms with Crippen LogP contribution < -0.4 is 10.0 Å². The Kier molecular flexibility index (Phi) is 6.48. The van der Waals surface area contributed by atoms with Gasteiger partial charge in [0.1, 0.15) is 0 Å². The lowest BCUT2D eigenvalue weighted by atomic mass is 10.0. The second-order valence-electron chi connectivity index (χ2n) is 4.56. The maximum absolute atomic E-state index is 12.0. The largest absolute Gasteiger partial charge is 0.314 e. The first-order valence-electron chi connectivity index (χ1n) is 6.80. The highest BCUT2D eigenvalue weighted by atomic mass is 32.2. The number of hydrogen-bond donors (Lipinski definition) is 2. The van der Waals surface area contributed by atoms with Crippen molar-refractivity contribution in [2.45, 2.75) is 44.0 Å². The third-order valence-corrected chi connectivity index (χ3v) is 4.64. The summed E-state index contributed by atoms with van der Waals surface area (Å²) < 4.78 is 26.4. The highest BCUT2D eigenvalue weighted by Crippen LogP contribution is 2.18. The lowest BCUT2D eigenvalue weighted by molar-refractivity contribution is 0.482. The third-order valence-electron chi connectivity index (χ3n) is 3.13. The van der Waals surface area contributed by atoms with Gasteiger partial charge in [-0.25, -0.2) is 13.1 Å². The van der Waals surface area contributed by atoms with Gasteiger partial charge >= 0.3 is 0 Å². The zero-order valence-corrected chi connectivity index (χ0v) is 12.8. The monoisotopic (exact) mass is 284 g/mol. The van der Waals surface area contributed by atoms with Crippen LogP contribution in [0.1, 0.15) is 32.3 Å². The van der Waals surface area contributed by atoms with Crippen molar-refractivity contribution >= 4 is 10.0 Å². The number of benzene rings is 1. The molecule has 0 spiro atoms. The van der Waals surface area contributed by atoms with Gasteiger partial charge in [0.15, 0.2) is 0 Å². The molecule has 4 nitrogen and oxygen atoms in total. The Morgan fingerprint density at radius 2 is 1.89 bits per heavy atom. The smallest absolute Gasteiger partial charge is 0.240 e. The molecule has 0 aromatic heterocycles. The van der Waals surface area contributed by atoms with Crippen molar-refractivity contribution in [1.82, 2.24) is 10.0 Å². The Balaban J connectivity index is 3.00. The lowest BCUT2D eigenvalue weighted by Crippen LogP contribution is -2.31. The Morgan fingerprint density at radius 3 is 2.47 bits per heavy atom. The van der Waals surface area contributed by atoms with E-state index in [4.69, 9.17) is 0 Å². The van der Waals surface area contributed by atoms with E-state index in [1.165, 1.54) is 7.05 Å². The second kappa shape index (κ2) is 7.62. The van der Waals surface area contributed by atoms with E-state index in [1.807, 2.05) is 12.1 Å². The molecule has 0 heterocycles. The number of hydrogen-bond acceptors (Lipinski definition) is 3. The fourth-order valence-electron chi connectivity index (χ4n) is 2.22. The first-order valence-corrected chi connectivity index (χ1v) is 8.28. The summed E-state index contributed by atoms with van der Waals surface area (Å²) in [5, 5.41) is 3.41. The van der Waals surface area contributed by atoms with E-state index in [2.05, 4.69) is 23.9 Å². The van der Waals surface area contributed by atoms with Gasteiger partial charge in [0.25, 0.3) is 0 Å².